The number of carbonyl (C=O) groups is 1. The maximum Gasteiger partial charge on any atom is 0.267 e. The molecule has 2 aliphatic rings. The number of nitrogens with one attached hydrogen (secondary N) is 1. The third-order valence-electron chi connectivity index (χ3n) is 5.62. The van der Waals surface area contributed by atoms with E-state index in [0.29, 0.717) is 21.9 Å². The third kappa shape index (κ3) is 3.79. The van der Waals surface area contributed by atoms with Gasteiger partial charge in [0, 0.05) is 15.9 Å². The number of carbonyl (C=O) groups excluding carboxylic acids is 1. The van der Waals surface area contributed by atoms with E-state index in [-0.39, 0.29) is 16.7 Å². The van der Waals surface area contributed by atoms with Gasteiger partial charge in [0.05, 0.1) is 16.3 Å². The molecule has 5 nitrogen and oxygen atoms in total. The zero-order valence-corrected chi connectivity index (χ0v) is 19.0. The van der Waals surface area contributed by atoms with Gasteiger partial charge in [0.25, 0.3) is 5.56 Å². The van der Waals surface area contributed by atoms with Crippen LogP contribution >= 0.6 is 34.7 Å². The van der Waals surface area contributed by atoms with Gasteiger partial charge >= 0.3 is 0 Å². The van der Waals surface area contributed by atoms with Crippen molar-refractivity contribution in [2.75, 3.05) is 0 Å². The Morgan fingerprint density at radius 2 is 2.00 bits per heavy atom. The topological polar surface area (TPSA) is 64.0 Å². The molecule has 2 aliphatic carbocycles. The SMILES string of the molecule is CC(Sc1nc2sc3c(c2c(=O)n1-c1ccc(Cl)cc1)CCCC3)C(=O)NC1CC1. The first-order valence-corrected chi connectivity index (χ1v) is 12.4. The van der Waals surface area contributed by atoms with Gasteiger partial charge in [0.15, 0.2) is 5.16 Å². The molecule has 0 bridgehead atoms. The Kier molecular flexibility index (Phi) is 5.37. The highest BCUT2D eigenvalue weighted by Gasteiger charge is 2.28. The van der Waals surface area contributed by atoms with Gasteiger partial charge in [-0.3, -0.25) is 14.2 Å². The van der Waals surface area contributed by atoms with Crippen LogP contribution in [0.4, 0.5) is 0 Å². The standard InChI is InChI=1S/C22H22ClN3O2S2/c1-12(19(27)24-14-8-9-14)29-22-25-20-18(16-4-2-3-5-17(16)30-20)21(28)26(22)15-10-6-13(23)7-11-15/h6-7,10-12,14H,2-5,8-9H2,1H3,(H,24,27). The monoisotopic (exact) mass is 459 g/mol. The lowest BCUT2D eigenvalue weighted by Gasteiger charge is -2.16. The Labute approximate surface area is 187 Å². The minimum absolute atomic E-state index is 0.00928. The van der Waals surface area contributed by atoms with E-state index < -0.39 is 0 Å². The first kappa shape index (κ1) is 20.1. The fourth-order valence-electron chi connectivity index (χ4n) is 3.84. The molecule has 5 rings (SSSR count). The fourth-order valence-corrected chi connectivity index (χ4v) is 6.21. The van der Waals surface area contributed by atoms with Crippen LogP contribution < -0.4 is 10.9 Å². The summed E-state index contributed by atoms with van der Waals surface area (Å²) in [6, 6.07) is 7.51. The van der Waals surface area contributed by atoms with Crippen molar-refractivity contribution < 1.29 is 4.79 Å². The summed E-state index contributed by atoms with van der Waals surface area (Å²) in [5.41, 5.74) is 1.82. The van der Waals surface area contributed by atoms with Crippen molar-refractivity contribution in [1.82, 2.24) is 14.9 Å². The van der Waals surface area contributed by atoms with Gasteiger partial charge in [0.1, 0.15) is 4.83 Å². The quantitative estimate of drug-likeness (QED) is 0.442. The van der Waals surface area contributed by atoms with Crippen LogP contribution in [0.3, 0.4) is 0 Å². The van der Waals surface area contributed by atoms with Crippen molar-refractivity contribution in [1.29, 1.82) is 0 Å². The van der Waals surface area contributed by atoms with Crippen LogP contribution in [0.15, 0.2) is 34.2 Å². The number of nitrogens with zero attached hydrogens (tertiary/aromatic N) is 2. The van der Waals surface area contributed by atoms with Crippen LogP contribution in [0.5, 0.6) is 0 Å². The summed E-state index contributed by atoms with van der Waals surface area (Å²) in [4.78, 5) is 33.2. The van der Waals surface area contributed by atoms with Gasteiger partial charge in [-0.25, -0.2) is 4.98 Å². The summed E-state index contributed by atoms with van der Waals surface area (Å²) in [5.74, 6) is -0.00928. The van der Waals surface area contributed by atoms with Crippen molar-refractivity contribution in [3.63, 3.8) is 0 Å². The Morgan fingerprint density at radius 1 is 1.27 bits per heavy atom. The molecule has 30 heavy (non-hydrogen) atoms. The number of halogens is 1. The largest absolute Gasteiger partial charge is 0.352 e. The molecule has 2 aromatic heterocycles. The average molecular weight is 460 g/mol. The minimum atomic E-state index is -0.344. The van der Waals surface area contributed by atoms with Crippen LogP contribution in [-0.4, -0.2) is 26.8 Å². The van der Waals surface area contributed by atoms with Crippen LogP contribution in [0.2, 0.25) is 5.02 Å². The molecular formula is C22H22ClN3O2S2. The van der Waals surface area contributed by atoms with Gasteiger partial charge in [-0.05, 0) is 75.3 Å². The van der Waals surface area contributed by atoms with Crippen molar-refractivity contribution in [3.05, 3.63) is 50.1 Å². The number of amides is 1. The number of fused-ring (bicyclic) bond motifs is 3. The summed E-state index contributed by atoms with van der Waals surface area (Å²) in [6.07, 6.45) is 6.30. The van der Waals surface area contributed by atoms with Crippen molar-refractivity contribution in [3.8, 4) is 5.69 Å². The van der Waals surface area contributed by atoms with Gasteiger partial charge < -0.3 is 5.32 Å². The summed E-state index contributed by atoms with van der Waals surface area (Å²) >= 11 is 9.04. The van der Waals surface area contributed by atoms with Crippen molar-refractivity contribution in [2.45, 2.75) is 61.9 Å². The number of hydrogen-bond donors (Lipinski definition) is 1. The van der Waals surface area contributed by atoms with E-state index in [1.165, 1.54) is 16.6 Å². The molecule has 1 N–H and O–H groups in total. The van der Waals surface area contributed by atoms with Crippen LogP contribution in [0, 0.1) is 0 Å². The predicted molar refractivity (Wildman–Crippen MR) is 123 cm³/mol. The second-order valence-electron chi connectivity index (χ2n) is 7.95. The Balaban J connectivity index is 1.63. The van der Waals surface area contributed by atoms with E-state index in [2.05, 4.69) is 5.32 Å². The zero-order chi connectivity index (χ0) is 20.8. The Hall–Kier alpha value is -1.83. The molecule has 8 heteroatoms. The number of thioether (sulfide) groups is 1. The third-order valence-corrected chi connectivity index (χ3v) is 8.11. The molecule has 0 aliphatic heterocycles. The number of hydrogen-bond acceptors (Lipinski definition) is 5. The maximum atomic E-state index is 13.7. The molecular weight excluding hydrogens is 438 g/mol. The van der Waals surface area contributed by atoms with E-state index in [1.54, 1.807) is 28.0 Å². The van der Waals surface area contributed by atoms with E-state index in [1.807, 2.05) is 19.1 Å². The number of rotatable bonds is 5. The number of aryl methyl sites for hydroxylation is 2. The van der Waals surface area contributed by atoms with Crippen LogP contribution in [0.25, 0.3) is 15.9 Å². The van der Waals surface area contributed by atoms with Crippen molar-refractivity contribution in [2.24, 2.45) is 0 Å². The molecule has 1 aromatic carbocycles. The molecule has 1 saturated carbocycles. The number of thiophene rings is 1. The highest BCUT2D eigenvalue weighted by molar-refractivity contribution is 8.00. The molecule has 1 amide bonds. The predicted octanol–water partition coefficient (Wildman–Crippen LogP) is 4.74. The molecule has 0 saturated heterocycles. The second-order valence-corrected chi connectivity index (χ2v) is 10.8. The highest BCUT2D eigenvalue weighted by atomic mass is 35.5. The summed E-state index contributed by atoms with van der Waals surface area (Å²) in [6.45, 7) is 1.87. The zero-order valence-electron chi connectivity index (χ0n) is 16.6. The highest BCUT2D eigenvalue weighted by Crippen LogP contribution is 2.36. The minimum Gasteiger partial charge on any atom is -0.352 e. The number of aromatic nitrogens is 2. The molecule has 0 radical (unpaired) electrons. The normalized spacial score (nSPS) is 17.0. The lowest BCUT2D eigenvalue weighted by atomic mass is 9.97. The van der Waals surface area contributed by atoms with Gasteiger partial charge in [0.2, 0.25) is 5.91 Å². The van der Waals surface area contributed by atoms with E-state index in [9.17, 15) is 9.59 Å². The smallest absolute Gasteiger partial charge is 0.267 e. The molecule has 1 fully saturated rings. The molecule has 1 atom stereocenters. The summed E-state index contributed by atoms with van der Waals surface area (Å²) in [5, 5.41) is 4.60. The van der Waals surface area contributed by atoms with Gasteiger partial charge in [-0.15, -0.1) is 11.3 Å². The first-order valence-electron chi connectivity index (χ1n) is 10.3. The van der Waals surface area contributed by atoms with Crippen LogP contribution in [-0.2, 0) is 17.6 Å². The van der Waals surface area contributed by atoms with Gasteiger partial charge in [-0.1, -0.05) is 23.4 Å². The molecule has 2 heterocycles. The molecule has 156 valence electrons. The second kappa shape index (κ2) is 8.02. The summed E-state index contributed by atoms with van der Waals surface area (Å²) in [7, 11) is 0. The van der Waals surface area contributed by atoms with Gasteiger partial charge in [-0.2, -0.15) is 0 Å². The lowest BCUT2D eigenvalue weighted by molar-refractivity contribution is -0.120. The van der Waals surface area contributed by atoms with E-state index in [0.717, 1.165) is 54.3 Å². The fraction of sp³-hybridized carbons (Fsp3) is 0.409. The van der Waals surface area contributed by atoms with Crippen LogP contribution in [0.1, 0.15) is 43.0 Å². The maximum absolute atomic E-state index is 13.7. The van der Waals surface area contributed by atoms with Crippen molar-refractivity contribution >= 4 is 50.8 Å². The molecule has 1 unspecified atom stereocenters. The summed E-state index contributed by atoms with van der Waals surface area (Å²) < 4.78 is 1.64. The lowest BCUT2D eigenvalue weighted by Crippen LogP contribution is -2.33. The number of benzene rings is 1. The first-order chi connectivity index (χ1) is 14.5. The molecule has 3 aromatic rings. The Morgan fingerprint density at radius 3 is 2.73 bits per heavy atom. The molecule has 0 spiro atoms. The van der Waals surface area contributed by atoms with E-state index >= 15 is 0 Å². The Bertz CT molecular complexity index is 1180. The average Bonchev–Trinajstić information content (AvgIpc) is 3.46. The van der Waals surface area contributed by atoms with E-state index in [4.69, 9.17) is 16.6 Å².